The van der Waals surface area contributed by atoms with Crippen LogP contribution in [0.2, 0.25) is 0 Å². The van der Waals surface area contributed by atoms with Crippen LogP contribution in [0.5, 0.6) is 5.75 Å². The first-order chi connectivity index (χ1) is 9.56. The number of rotatable bonds is 3. The average molecular weight is 315 g/mol. The van der Waals surface area contributed by atoms with Crippen LogP contribution in [0.3, 0.4) is 0 Å². The maximum Gasteiger partial charge on any atom is 0.260 e. The van der Waals surface area contributed by atoms with Crippen molar-refractivity contribution in [3.63, 3.8) is 0 Å². The van der Waals surface area contributed by atoms with E-state index in [1.807, 2.05) is 25.8 Å². The minimum absolute atomic E-state index is 0. The zero-order valence-corrected chi connectivity index (χ0v) is 13.6. The number of hydrogen-bond acceptors (Lipinski definition) is 4. The fourth-order valence-electron chi connectivity index (χ4n) is 3.25. The highest BCUT2D eigenvalue weighted by Crippen LogP contribution is 2.26. The largest absolute Gasteiger partial charge is 0.480 e. The Balaban J connectivity index is 0.00000161. The van der Waals surface area contributed by atoms with Crippen molar-refractivity contribution >= 4 is 18.3 Å². The van der Waals surface area contributed by atoms with E-state index in [0.717, 1.165) is 43.3 Å². The first-order valence-electron chi connectivity index (χ1n) is 7.17. The second-order valence-electron chi connectivity index (χ2n) is 5.89. The van der Waals surface area contributed by atoms with Crippen molar-refractivity contribution in [3.05, 3.63) is 11.4 Å². The molecule has 2 saturated heterocycles. The molecule has 6 nitrogen and oxygen atoms in total. The predicted molar refractivity (Wildman–Crippen MR) is 81.9 cm³/mol. The van der Waals surface area contributed by atoms with Crippen LogP contribution in [0.1, 0.15) is 11.4 Å². The van der Waals surface area contributed by atoms with Crippen LogP contribution in [-0.2, 0) is 11.8 Å². The van der Waals surface area contributed by atoms with Gasteiger partial charge in [-0.2, -0.15) is 5.10 Å². The van der Waals surface area contributed by atoms with E-state index in [0.29, 0.717) is 11.8 Å². The minimum atomic E-state index is 0. The lowest BCUT2D eigenvalue weighted by molar-refractivity contribution is -0.132. The molecular weight excluding hydrogens is 292 g/mol. The Kier molecular flexibility index (Phi) is 4.78. The fourth-order valence-corrected chi connectivity index (χ4v) is 3.25. The number of nitrogens with zero attached hydrogens (tertiary/aromatic N) is 3. The summed E-state index contributed by atoms with van der Waals surface area (Å²) >= 11 is 0. The van der Waals surface area contributed by atoms with Crippen molar-refractivity contribution < 1.29 is 9.53 Å². The second-order valence-corrected chi connectivity index (χ2v) is 5.89. The molecule has 0 aromatic carbocycles. The number of aryl methyl sites for hydroxylation is 2. The molecule has 1 N–H and O–H groups in total. The van der Waals surface area contributed by atoms with Crippen LogP contribution in [0.25, 0.3) is 0 Å². The van der Waals surface area contributed by atoms with Gasteiger partial charge in [0.25, 0.3) is 5.91 Å². The molecule has 1 amide bonds. The predicted octanol–water partition coefficient (Wildman–Crippen LogP) is 0.515. The van der Waals surface area contributed by atoms with Gasteiger partial charge in [-0.3, -0.25) is 9.48 Å². The maximum atomic E-state index is 12.2. The van der Waals surface area contributed by atoms with E-state index in [-0.39, 0.29) is 24.9 Å². The van der Waals surface area contributed by atoms with E-state index < -0.39 is 0 Å². The van der Waals surface area contributed by atoms with E-state index in [4.69, 9.17) is 4.74 Å². The zero-order valence-electron chi connectivity index (χ0n) is 12.8. The summed E-state index contributed by atoms with van der Waals surface area (Å²) in [6, 6.07) is 0. The van der Waals surface area contributed by atoms with Gasteiger partial charge in [-0.1, -0.05) is 0 Å². The monoisotopic (exact) mass is 314 g/mol. The fraction of sp³-hybridized carbons (Fsp3) is 0.714. The van der Waals surface area contributed by atoms with Crippen LogP contribution < -0.4 is 10.1 Å². The van der Waals surface area contributed by atoms with Gasteiger partial charge in [-0.05, 0) is 25.7 Å². The van der Waals surface area contributed by atoms with Crippen molar-refractivity contribution in [2.45, 2.75) is 13.8 Å². The van der Waals surface area contributed by atoms with Crippen molar-refractivity contribution in [2.24, 2.45) is 18.9 Å². The van der Waals surface area contributed by atoms with Gasteiger partial charge in [0, 0.05) is 33.2 Å². The lowest BCUT2D eigenvalue weighted by Gasteiger charge is -2.17. The summed E-state index contributed by atoms with van der Waals surface area (Å²) < 4.78 is 7.47. The molecule has 1 aromatic rings. The number of halogens is 1. The molecule has 3 rings (SSSR count). The molecule has 2 atom stereocenters. The summed E-state index contributed by atoms with van der Waals surface area (Å²) in [5.74, 6) is 2.07. The number of hydrogen-bond donors (Lipinski definition) is 1. The normalized spacial score (nSPS) is 23.9. The summed E-state index contributed by atoms with van der Waals surface area (Å²) in [5.41, 5.74) is 1.79. The number of likely N-dealkylation sites (tertiary alicyclic amines) is 1. The van der Waals surface area contributed by atoms with E-state index in [2.05, 4.69) is 10.4 Å². The first-order valence-corrected chi connectivity index (χ1v) is 7.17. The molecule has 2 fully saturated rings. The summed E-state index contributed by atoms with van der Waals surface area (Å²) in [6.07, 6.45) is 0. The molecule has 3 heterocycles. The summed E-state index contributed by atoms with van der Waals surface area (Å²) in [5, 5.41) is 7.67. The van der Waals surface area contributed by atoms with E-state index >= 15 is 0 Å². The Morgan fingerprint density at radius 3 is 2.48 bits per heavy atom. The quantitative estimate of drug-likeness (QED) is 0.883. The molecule has 21 heavy (non-hydrogen) atoms. The number of fused-ring (bicyclic) bond motifs is 1. The standard InChI is InChI=1S/C14H22N4O2.ClH/c1-9-14(10(2)17(3)16-9)20-8-13(19)18-6-11-4-15-5-12(11)7-18;/h11-12,15H,4-8H2,1-3H3;1H/t11-,12+;. The van der Waals surface area contributed by atoms with Crippen molar-refractivity contribution in [1.29, 1.82) is 0 Å². The van der Waals surface area contributed by atoms with Gasteiger partial charge in [0.1, 0.15) is 5.69 Å². The molecular formula is C14H23ClN4O2. The number of aromatic nitrogens is 2. The molecule has 0 unspecified atom stereocenters. The van der Waals surface area contributed by atoms with Crippen LogP contribution in [0.15, 0.2) is 0 Å². The first kappa shape index (κ1) is 16.1. The van der Waals surface area contributed by atoms with E-state index in [1.54, 1.807) is 4.68 Å². The third kappa shape index (κ3) is 3.01. The molecule has 0 aliphatic carbocycles. The van der Waals surface area contributed by atoms with Gasteiger partial charge < -0.3 is 15.0 Å². The summed E-state index contributed by atoms with van der Waals surface area (Å²) in [7, 11) is 1.88. The minimum Gasteiger partial charge on any atom is -0.480 e. The molecule has 0 bridgehead atoms. The highest BCUT2D eigenvalue weighted by molar-refractivity contribution is 5.85. The molecule has 0 radical (unpaired) electrons. The van der Waals surface area contributed by atoms with E-state index in [1.165, 1.54) is 0 Å². The molecule has 2 aliphatic heterocycles. The smallest absolute Gasteiger partial charge is 0.260 e. The number of ether oxygens (including phenoxy) is 1. The van der Waals surface area contributed by atoms with Gasteiger partial charge >= 0.3 is 0 Å². The summed E-state index contributed by atoms with van der Waals surface area (Å²) in [4.78, 5) is 14.2. The third-order valence-electron chi connectivity index (χ3n) is 4.52. The lowest BCUT2D eigenvalue weighted by Crippen LogP contribution is -2.35. The number of carbonyl (C=O) groups is 1. The highest BCUT2D eigenvalue weighted by Gasteiger charge is 2.38. The number of amides is 1. The summed E-state index contributed by atoms with van der Waals surface area (Å²) in [6.45, 7) is 7.77. The molecule has 118 valence electrons. The molecule has 2 aliphatic rings. The second kappa shape index (κ2) is 6.23. The van der Waals surface area contributed by atoms with Crippen molar-refractivity contribution in [3.8, 4) is 5.75 Å². The topological polar surface area (TPSA) is 59.4 Å². The third-order valence-corrected chi connectivity index (χ3v) is 4.52. The lowest BCUT2D eigenvalue weighted by atomic mass is 10.0. The van der Waals surface area contributed by atoms with Gasteiger partial charge in [0.15, 0.2) is 12.4 Å². The molecule has 7 heteroatoms. The number of nitrogens with one attached hydrogen (secondary N) is 1. The Morgan fingerprint density at radius 2 is 1.95 bits per heavy atom. The highest BCUT2D eigenvalue weighted by atomic mass is 35.5. The SMILES string of the molecule is Cc1nn(C)c(C)c1OCC(=O)N1C[C@H]2CNC[C@H]2C1.Cl. The van der Waals surface area contributed by atoms with Crippen LogP contribution in [0.4, 0.5) is 0 Å². The van der Waals surface area contributed by atoms with Crippen LogP contribution in [0, 0.1) is 25.7 Å². The van der Waals surface area contributed by atoms with Gasteiger partial charge in [0.05, 0.1) is 5.69 Å². The number of carbonyl (C=O) groups excluding carboxylic acids is 1. The molecule has 0 spiro atoms. The van der Waals surface area contributed by atoms with Gasteiger partial charge in [0.2, 0.25) is 0 Å². The molecule has 0 saturated carbocycles. The Hall–Kier alpha value is -1.27. The van der Waals surface area contributed by atoms with Crippen LogP contribution >= 0.6 is 12.4 Å². The van der Waals surface area contributed by atoms with Crippen molar-refractivity contribution in [2.75, 3.05) is 32.8 Å². The van der Waals surface area contributed by atoms with Crippen LogP contribution in [-0.4, -0.2) is 53.4 Å². The van der Waals surface area contributed by atoms with E-state index in [9.17, 15) is 4.79 Å². The van der Waals surface area contributed by atoms with Crippen molar-refractivity contribution in [1.82, 2.24) is 20.0 Å². The van der Waals surface area contributed by atoms with Gasteiger partial charge in [-0.15, -0.1) is 12.4 Å². The Morgan fingerprint density at radius 1 is 1.33 bits per heavy atom. The maximum absolute atomic E-state index is 12.2. The Bertz CT molecular complexity index is 519. The zero-order chi connectivity index (χ0) is 14.3. The molecule has 1 aromatic heterocycles. The average Bonchev–Trinajstić information content (AvgIpc) is 3.03. The van der Waals surface area contributed by atoms with Gasteiger partial charge in [-0.25, -0.2) is 0 Å². The Labute approximate surface area is 131 Å².